The highest BCUT2D eigenvalue weighted by Gasteiger charge is 2.23. The lowest BCUT2D eigenvalue weighted by molar-refractivity contribution is -0.384. The first-order valence-corrected chi connectivity index (χ1v) is 8.71. The molecule has 1 saturated heterocycles. The molecule has 1 heterocycles. The molecule has 0 bridgehead atoms. The molecule has 3 rings (SSSR count). The second-order valence-electron chi connectivity index (χ2n) is 6.43. The summed E-state index contributed by atoms with van der Waals surface area (Å²) in [4.78, 5) is 37.3. The number of carbonyl (C=O) groups is 2. The Morgan fingerprint density at radius 1 is 1.07 bits per heavy atom. The van der Waals surface area contributed by atoms with Crippen LogP contribution in [0.5, 0.6) is 0 Å². The van der Waals surface area contributed by atoms with E-state index in [1.54, 1.807) is 17.0 Å². The van der Waals surface area contributed by atoms with Crippen LogP contribution in [0.15, 0.2) is 42.5 Å². The molecule has 146 valence electrons. The number of non-ortho nitro benzene ring substituents is 1. The minimum atomic E-state index is -0.507. The molecule has 0 aromatic heterocycles. The number of nitrogens with zero attached hydrogens (tertiary/aromatic N) is 3. The molecule has 9 heteroatoms. The number of halogens is 1. The van der Waals surface area contributed by atoms with Crippen molar-refractivity contribution < 1.29 is 18.9 Å². The number of nitro benzene ring substituents is 1. The zero-order valence-corrected chi connectivity index (χ0v) is 15.2. The highest BCUT2D eigenvalue weighted by molar-refractivity contribution is 5.94. The number of carbonyl (C=O) groups excluding carboxylic acids is 2. The maximum absolute atomic E-state index is 14.3. The second-order valence-corrected chi connectivity index (χ2v) is 6.43. The standard InChI is InChI=1S/C19H19FN4O4/c1-13(25)14-2-7-18(17(20)12-14)22-8-10-23(11-9-22)19(26)21-15-3-5-16(6-4-15)24(27)28/h2-7,12H,8-11H2,1H3,(H,21,26). The molecular formula is C19H19FN4O4. The molecular weight excluding hydrogens is 367 g/mol. The molecule has 1 N–H and O–H groups in total. The van der Waals surface area contributed by atoms with Crippen molar-refractivity contribution in [3.63, 3.8) is 0 Å². The van der Waals surface area contributed by atoms with Crippen molar-refractivity contribution >= 4 is 28.9 Å². The van der Waals surface area contributed by atoms with Crippen LogP contribution >= 0.6 is 0 Å². The van der Waals surface area contributed by atoms with Crippen LogP contribution in [0.2, 0.25) is 0 Å². The van der Waals surface area contributed by atoms with Crippen LogP contribution in [0.1, 0.15) is 17.3 Å². The Bertz CT molecular complexity index is 909. The lowest BCUT2D eigenvalue weighted by Gasteiger charge is -2.36. The Labute approximate surface area is 160 Å². The Morgan fingerprint density at radius 3 is 2.25 bits per heavy atom. The molecule has 2 aromatic carbocycles. The smallest absolute Gasteiger partial charge is 0.321 e. The number of ketones is 1. The molecule has 0 aliphatic carbocycles. The average Bonchev–Trinajstić information content (AvgIpc) is 2.68. The SMILES string of the molecule is CC(=O)c1ccc(N2CCN(C(=O)Nc3ccc([N+](=O)[O-])cc3)CC2)c(F)c1. The van der Waals surface area contributed by atoms with Gasteiger partial charge in [0.25, 0.3) is 5.69 Å². The van der Waals surface area contributed by atoms with Crippen molar-refractivity contribution in [1.29, 1.82) is 0 Å². The fraction of sp³-hybridized carbons (Fsp3) is 0.263. The number of urea groups is 1. The number of amides is 2. The quantitative estimate of drug-likeness (QED) is 0.494. The monoisotopic (exact) mass is 386 g/mol. The predicted molar refractivity (Wildman–Crippen MR) is 102 cm³/mol. The van der Waals surface area contributed by atoms with Gasteiger partial charge in [0.1, 0.15) is 5.82 Å². The first kappa shape index (κ1) is 19.3. The van der Waals surface area contributed by atoms with Gasteiger partial charge >= 0.3 is 6.03 Å². The van der Waals surface area contributed by atoms with E-state index in [1.165, 1.54) is 37.3 Å². The minimum absolute atomic E-state index is 0.0515. The average molecular weight is 386 g/mol. The summed E-state index contributed by atoms with van der Waals surface area (Å²) < 4.78 is 14.3. The third-order valence-electron chi connectivity index (χ3n) is 4.59. The van der Waals surface area contributed by atoms with Crippen molar-refractivity contribution in [2.45, 2.75) is 6.92 Å². The molecule has 1 aliphatic heterocycles. The number of benzene rings is 2. The molecule has 0 spiro atoms. The van der Waals surface area contributed by atoms with Gasteiger partial charge in [0, 0.05) is 49.6 Å². The fourth-order valence-electron chi connectivity index (χ4n) is 3.00. The maximum Gasteiger partial charge on any atom is 0.321 e. The highest BCUT2D eigenvalue weighted by atomic mass is 19.1. The van der Waals surface area contributed by atoms with Crippen LogP contribution in [0, 0.1) is 15.9 Å². The molecule has 1 fully saturated rings. The number of hydrogen-bond acceptors (Lipinski definition) is 5. The van der Waals surface area contributed by atoms with E-state index in [2.05, 4.69) is 5.32 Å². The molecule has 0 radical (unpaired) electrons. The van der Waals surface area contributed by atoms with Gasteiger partial charge < -0.3 is 15.1 Å². The zero-order valence-electron chi connectivity index (χ0n) is 15.2. The summed E-state index contributed by atoms with van der Waals surface area (Å²) >= 11 is 0. The molecule has 0 unspecified atom stereocenters. The predicted octanol–water partition coefficient (Wildman–Crippen LogP) is 3.29. The van der Waals surface area contributed by atoms with Crippen LogP contribution in [-0.2, 0) is 0 Å². The Balaban J connectivity index is 1.58. The van der Waals surface area contributed by atoms with E-state index >= 15 is 0 Å². The summed E-state index contributed by atoms with van der Waals surface area (Å²) in [5, 5.41) is 13.4. The lowest BCUT2D eigenvalue weighted by atomic mass is 10.1. The van der Waals surface area contributed by atoms with Crippen molar-refractivity contribution in [3.05, 3.63) is 64.0 Å². The van der Waals surface area contributed by atoms with Gasteiger partial charge in [-0.3, -0.25) is 14.9 Å². The first-order chi connectivity index (χ1) is 13.3. The number of anilines is 2. The van der Waals surface area contributed by atoms with Gasteiger partial charge in [-0.1, -0.05) is 0 Å². The van der Waals surface area contributed by atoms with E-state index < -0.39 is 10.7 Å². The third-order valence-corrected chi connectivity index (χ3v) is 4.59. The van der Waals surface area contributed by atoms with E-state index in [1.807, 2.05) is 4.90 Å². The molecule has 8 nitrogen and oxygen atoms in total. The summed E-state index contributed by atoms with van der Waals surface area (Å²) in [6.07, 6.45) is 0. The van der Waals surface area contributed by atoms with Crippen molar-refractivity contribution in [3.8, 4) is 0 Å². The summed E-state index contributed by atoms with van der Waals surface area (Å²) in [5.41, 5.74) is 1.14. The summed E-state index contributed by atoms with van der Waals surface area (Å²) in [7, 11) is 0. The minimum Gasteiger partial charge on any atom is -0.366 e. The molecule has 2 aromatic rings. The van der Waals surface area contributed by atoms with Crippen LogP contribution in [-0.4, -0.2) is 47.8 Å². The van der Waals surface area contributed by atoms with Gasteiger partial charge in [-0.2, -0.15) is 0 Å². The van der Waals surface area contributed by atoms with Gasteiger partial charge in [-0.05, 0) is 37.3 Å². The van der Waals surface area contributed by atoms with E-state index in [0.29, 0.717) is 43.1 Å². The van der Waals surface area contributed by atoms with Gasteiger partial charge in [0.2, 0.25) is 0 Å². The van der Waals surface area contributed by atoms with Crippen molar-refractivity contribution in [2.75, 3.05) is 36.4 Å². The topological polar surface area (TPSA) is 95.8 Å². The summed E-state index contributed by atoms with van der Waals surface area (Å²) in [6, 6.07) is 9.66. The van der Waals surface area contributed by atoms with E-state index in [0.717, 1.165) is 0 Å². The van der Waals surface area contributed by atoms with E-state index in [4.69, 9.17) is 0 Å². The first-order valence-electron chi connectivity index (χ1n) is 8.71. The largest absolute Gasteiger partial charge is 0.366 e. The normalized spacial score (nSPS) is 13.9. The van der Waals surface area contributed by atoms with Crippen LogP contribution in [0.3, 0.4) is 0 Å². The highest BCUT2D eigenvalue weighted by Crippen LogP contribution is 2.23. The number of hydrogen-bond donors (Lipinski definition) is 1. The van der Waals surface area contributed by atoms with Gasteiger partial charge in [0.15, 0.2) is 5.78 Å². The number of rotatable bonds is 4. The van der Waals surface area contributed by atoms with E-state index in [-0.39, 0.29) is 17.5 Å². The number of Topliss-reactive ketones (excluding diaryl/α,β-unsaturated/α-hetero) is 1. The summed E-state index contributed by atoms with van der Waals surface area (Å²) in [6.45, 7) is 3.07. The van der Waals surface area contributed by atoms with Gasteiger partial charge in [-0.25, -0.2) is 9.18 Å². The van der Waals surface area contributed by atoms with Gasteiger partial charge in [-0.15, -0.1) is 0 Å². The number of piperazine rings is 1. The lowest BCUT2D eigenvalue weighted by Crippen LogP contribution is -2.50. The second kappa shape index (κ2) is 8.03. The van der Waals surface area contributed by atoms with Crippen LogP contribution in [0.4, 0.5) is 26.2 Å². The van der Waals surface area contributed by atoms with Crippen LogP contribution in [0.25, 0.3) is 0 Å². The number of nitro groups is 1. The Hall–Kier alpha value is -3.49. The molecule has 2 amide bonds. The van der Waals surface area contributed by atoms with Crippen LogP contribution < -0.4 is 10.2 Å². The molecule has 28 heavy (non-hydrogen) atoms. The van der Waals surface area contributed by atoms with Crippen molar-refractivity contribution in [1.82, 2.24) is 4.90 Å². The van der Waals surface area contributed by atoms with Gasteiger partial charge in [0.05, 0.1) is 10.6 Å². The summed E-state index contributed by atoms with van der Waals surface area (Å²) in [5.74, 6) is -0.658. The molecule has 0 saturated carbocycles. The molecule has 1 aliphatic rings. The van der Waals surface area contributed by atoms with E-state index in [9.17, 15) is 24.1 Å². The maximum atomic E-state index is 14.3. The molecule has 0 atom stereocenters. The zero-order chi connectivity index (χ0) is 20.3. The third kappa shape index (κ3) is 4.25. The fourth-order valence-corrected chi connectivity index (χ4v) is 3.00. The van der Waals surface area contributed by atoms with Crippen molar-refractivity contribution in [2.24, 2.45) is 0 Å². The Kier molecular flexibility index (Phi) is 5.53. The Morgan fingerprint density at radius 2 is 1.71 bits per heavy atom. The number of nitrogens with one attached hydrogen (secondary N) is 1.